The molecule has 0 fully saturated rings. The van der Waals surface area contributed by atoms with E-state index in [-0.39, 0.29) is 16.5 Å². The van der Waals surface area contributed by atoms with Crippen molar-refractivity contribution in [3.63, 3.8) is 0 Å². The highest BCUT2D eigenvalue weighted by molar-refractivity contribution is 7.89. The molecule has 0 bridgehead atoms. The molecular formula is C26H21ClF4N2O5S. The quantitative estimate of drug-likeness (QED) is 0.298. The van der Waals surface area contributed by atoms with Crippen LogP contribution in [0.3, 0.4) is 0 Å². The van der Waals surface area contributed by atoms with Crippen LogP contribution in [0.1, 0.15) is 29.2 Å². The molecule has 1 atom stereocenters. The number of hydrogen-bond donors (Lipinski definition) is 1. The molecule has 1 amide bonds. The maximum absolute atomic E-state index is 13.4. The van der Waals surface area contributed by atoms with Gasteiger partial charge in [0.25, 0.3) is 5.91 Å². The van der Waals surface area contributed by atoms with Crippen LogP contribution in [0.2, 0.25) is 5.02 Å². The Balaban J connectivity index is 1.49. The van der Waals surface area contributed by atoms with Crippen LogP contribution >= 0.6 is 11.6 Å². The minimum atomic E-state index is -4.79. The van der Waals surface area contributed by atoms with Crippen molar-refractivity contribution in [1.82, 2.24) is 4.31 Å². The normalized spacial score (nSPS) is 15.9. The van der Waals surface area contributed by atoms with Crippen LogP contribution < -0.4 is 5.32 Å². The molecule has 3 aromatic rings. The minimum absolute atomic E-state index is 0.0337. The maximum Gasteiger partial charge on any atom is 0.418 e. The summed E-state index contributed by atoms with van der Waals surface area (Å²) < 4.78 is 86.1. The molecule has 1 aliphatic rings. The lowest BCUT2D eigenvalue weighted by Gasteiger charge is -2.36. The van der Waals surface area contributed by atoms with Crippen molar-refractivity contribution >= 4 is 39.2 Å². The van der Waals surface area contributed by atoms with Gasteiger partial charge in [0.05, 0.1) is 28.6 Å². The first-order valence-corrected chi connectivity index (χ1v) is 13.4. The second kappa shape index (κ2) is 11.3. The lowest BCUT2D eigenvalue weighted by Crippen LogP contribution is -2.41. The molecule has 0 aromatic heterocycles. The number of rotatable bonds is 7. The fourth-order valence-electron chi connectivity index (χ4n) is 4.28. The predicted molar refractivity (Wildman–Crippen MR) is 134 cm³/mol. The van der Waals surface area contributed by atoms with Crippen LogP contribution in [0, 0.1) is 5.82 Å². The maximum atomic E-state index is 13.4. The van der Waals surface area contributed by atoms with E-state index in [2.05, 4.69) is 0 Å². The van der Waals surface area contributed by atoms with Crippen LogP contribution in [-0.4, -0.2) is 37.8 Å². The number of esters is 1. The predicted octanol–water partition coefficient (Wildman–Crippen LogP) is 5.36. The van der Waals surface area contributed by atoms with Gasteiger partial charge in [-0.05, 0) is 60.0 Å². The summed E-state index contributed by atoms with van der Waals surface area (Å²) in [4.78, 5) is 24.9. The van der Waals surface area contributed by atoms with E-state index in [4.69, 9.17) is 16.3 Å². The van der Waals surface area contributed by atoms with E-state index in [1.165, 1.54) is 0 Å². The molecule has 7 nitrogen and oxygen atoms in total. The summed E-state index contributed by atoms with van der Waals surface area (Å²) in [7, 11) is -4.15. The first-order chi connectivity index (χ1) is 18.4. The Morgan fingerprint density at radius 2 is 1.74 bits per heavy atom. The molecule has 1 N–H and O–H groups in total. The minimum Gasteiger partial charge on any atom is -0.456 e. The van der Waals surface area contributed by atoms with E-state index >= 15 is 0 Å². The Kier molecular flexibility index (Phi) is 8.28. The van der Waals surface area contributed by atoms with Crippen molar-refractivity contribution in [2.45, 2.75) is 30.0 Å². The monoisotopic (exact) mass is 584 g/mol. The number of alkyl halides is 3. The van der Waals surface area contributed by atoms with Gasteiger partial charge in [0.15, 0.2) is 6.61 Å². The third-order valence-electron chi connectivity index (χ3n) is 6.07. The molecule has 0 radical (unpaired) electrons. The summed E-state index contributed by atoms with van der Waals surface area (Å²) in [5.74, 6) is -2.59. The summed E-state index contributed by atoms with van der Waals surface area (Å²) in [6.07, 6.45) is -4.90. The van der Waals surface area contributed by atoms with Gasteiger partial charge < -0.3 is 10.1 Å². The molecule has 1 unspecified atom stereocenters. The van der Waals surface area contributed by atoms with Crippen molar-refractivity contribution in [3.8, 4) is 0 Å². The van der Waals surface area contributed by atoms with Crippen molar-refractivity contribution in [1.29, 1.82) is 0 Å². The van der Waals surface area contributed by atoms with Crippen LogP contribution in [-0.2, 0) is 36.9 Å². The van der Waals surface area contributed by atoms with Crippen molar-refractivity contribution in [3.05, 3.63) is 94.3 Å². The van der Waals surface area contributed by atoms with Crippen LogP contribution in [0.15, 0.2) is 71.6 Å². The zero-order chi connectivity index (χ0) is 28.4. The summed E-state index contributed by atoms with van der Waals surface area (Å²) in [6, 6.07) is 13.0. The van der Waals surface area contributed by atoms with Gasteiger partial charge in [-0.25, -0.2) is 12.8 Å². The average molecular weight is 585 g/mol. The molecule has 1 aliphatic heterocycles. The highest BCUT2D eigenvalue weighted by atomic mass is 35.5. The number of carbonyl (C=O) groups excluding carboxylic acids is 2. The van der Waals surface area contributed by atoms with Crippen molar-refractivity contribution in [2.75, 3.05) is 18.5 Å². The van der Waals surface area contributed by atoms with Crippen LogP contribution in [0.25, 0.3) is 0 Å². The molecule has 3 aromatic carbocycles. The highest BCUT2D eigenvalue weighted by Crippen LogP contribution is 2.38. The number of anilines is 1. The first-order valence-electron chi connectivity index (χ1n) is 11.5. The first kappa shape index (κ1) is 28.5. The molecule has 13 heteroatoms. The van der Waals surface area contributed by atoms with Gasteiger partial charge in [0.2, 0.25) is 10.0 Å². The number of nitrogens with one attached hydrogen (secondary N) is 1. The van der Waals surface area contributed by atoms with Crippen LogP contribution in [0.5, 0.6) is 0 Å². The number of sulfonamides is 1. The lowest BCUT2D eigenvalue weighted by molar-refractivity contribution is -0.148. The number of ether oxygens (including phenoxy) is 1. The number of amides is 1. The standard InChI is InChI=1S/C26H21ClF4N2O5S/c27-17-5-10-22(21(13-17)26(29,30)31)32-24(34)15-38-25(35)14-23-20-4-2-1-3-16(20)11-12-33(23)39(36,37)19-8-6-18(28)7-9-19/h1-10,13,23H,11-12,14-15H2,(H,32,34). The van der Waals surface area contributed by atoms with Gasteiger partial charge in [-0.1, -0.05) is 35.9 Å². The number of hydrogen-bond acceptors (Lipinski definition) is 5. The molecular weight excluding hydrogens is 564 g/mol. The second-order valence-corrected chi connectivity index (χ2v) is 11.0. The third kappa shape index (κ3) is 6.57. The summed E-state index contributed by atoms with van der Waals surface area (Å²) in [5.41, 5.74) is -0.353. The smallest absolute Gasteiger partial charge is 0.418 e. The summed E-state index contributed by atoms with van der Waals surface area (Å²) in [5, 5.41) is 1.87. The molecule has 1 heterocycles. The van der Waals surface area contributed by atoms with Gasteiger partial charge in [-0.3, -0.25) is 9.59 Å². The molecule has 0 aliphatic carbocycles. The number of halogens is 5. The molecule has 4 rings (SSSR count). The molecule has 0 spiro atoms. The van der Waals surface area contributed by atoms with Gasteiger partial charge >= 0.3 is 12.1 Å². The Labute approximate surface area is 226 Å². The van der Waals surface area contributed by atoms with Gasteiger partial charge in [-0.15, -0.1) is 0 Å². The zero-order valence-electron chi connectivity index (χ0n) is 20.0. The Bertz CT molecular complexity index is 1500. The van der Waals surface area contributed by atoms with E-state index < -0.39 is 64.2 Å². The van der Waals surface area contributed by atoms with Gasteiger partial charge in [-0.2, -0.15) is 17.5 Å². The van der Waals surface area contributed by atoms with Crippen molar-refractivity contribution in [2.24, 2.45) is 0 Å². The molecule has 0 saturated carbocycles. The molecule has 0 saturated heterocycles. The zero-order valence-corrected chi connectivity index (χ0v) is 21.6. The SMILES string of the molecule is O=C(COC(=O)CC1c2ccccc2CCN1S(=O)(=O)c1ccc(F)cc1)Nc1ccc(Cl)cc1C(F)(F)F. The van der Waals surface area contributed by atoms with E-state index in [0.29, 0.717) is 18.1 Å². The highest BCUT2D eigenvalue weighted by Gasteiger charge is 2.38. The molecule has 206 valence electrons. The van der Waals surface area contributed by atoms with E-state index in [1.807, 2.05) is 5.32 Å². The Hall–Kier alpha value is -3.48. The topological polar surface area (TPSA) is 92.8 Å². The Morgan fingerprint density at radius 1 is 1.05 bits per heavy atom. The molecule has 39 heavy (non-hydrogen) atoms. The lowest BCUT2D eigenvalue weighted by atomic mass is 9.92. The number of fused-ring (bicyclic) bond motifs is 1. The summed E-state index contributed by atoms with van der Waals surface area (Å²) in [6.45, 7) is -0.871. The summed E-state index contributed by atoms with van der Waals surface area (Å²) >= 11 is 5.64. The number of benzene rings is 3. The van der Waals surface area contributed by atoms with Crippen molar-refractivity contribution < 1.29 is 40.3 Å². The fraction of sp³-hybridized carbons (Fsp3) is 0.231. The third-order valence-corrected chi connectivity index (χ3v) is 8.23. The second-order valence-electron chi connectivity index (χ2n) is 8.63. The van der Waals surface area contributed by atoms with E-state index in [1.54, 1.807) is 24.3 Å². The van der Waals surface area contributed by atoms with E-state index in [9.17, 15) is 35.6 Å². The average Bonchev–Trinajstić information content (AvgIpc) is 2.88. The van der Waals surface area contributed by atoms with Crippen LogP contribution in [0.4, 0.5) is 23.2 Å². The number of carbonyl (C=O) groups is 2. The fourth-order valence-corrected chi connectivity index (χ4v) is 6.06. The van der Waals surface area contributed by atoms with Gasteiger partial charge in [0.1, 0.15) is 5.82 Å². The Morgan fingerprint density at radius 3 is 2.44 bits per heavy atom. The largest absolute Gasteiger partial charge is 0.456 e. The van der Waals surface area contributed by atoms with E-state index in [0.717, 1.165) is 46.3 Å². The number of nitrogens with zero attached hydrogens (tertiary/aromatic N) is 1. The van der Waals surface area contributed by atoms with Gasteiger partial charge in [0, 0.05) is 11.6 Å².